The Bertz CT molecular complexity index is 452. The molecule has 1 aromatic carbocycles. The molecule has 0 radical (unpaired) electrons. The topological polar surface area (TPSA) is 55.1 Å². The highest BCUT2D eigenvalue weighted by atomic mass is 35.5. The Morgan fingerprint density at radius 3 is 2.14 bits per heavy atom. The molecule has 1 rings (SSSR count). The molecule has 1 amide bonds. The van der Waals surface area contributed by atoms with Crippen molar-refractivity contribution in [2.45, 2.75) is 62.6 Å². The number of rotatable bonds is 5. The molecule has 0 aliphatic heterocycles. The lowest BCUT2D eigenvalue weighted by atomic mass is 9.96. The smallest absolute Gasteiger partial charge is 0.244 e. The molecule has 0 spiro atoms. The fourth-order valence-electron chi connectivity index (χ4n) is 1.87. The molecule has 5 heteroatoms. The summed E-state index contributed by atoms with van der Waals surface area (Å²) in [6, 6.07) is 7.90. The fraction of sp³-hybridized carbons (Fsp3) is 0.562. The number of amides is 1. The number of nitrogens with one attached hydrogen (secondary N) is 1. The maximum Gasteiger partial charge on any atom is 0.244 e. The first kappa shape index (κ1) is 20.3. The van der Waals surface area contributed by atoms with E-state index >= 15 is 0 Å². The normalized spacial score (nSPS) is 14.0. The van der Waals surface area contributed by atoms with Crippen molar-refractivity contribution in [3.8, 4) is 0 Å². The molecule has 0 saturated heterocycles. The number of hydrogen-bond donors (Lipinski definition) is 2. The maximum absolute atomic E-state index is 12.1. The predicted octanol–water partition coefficient (Wildman–Crippen LogP) is 4.46. The summed E-state index contributed by atoms with van der Waals surface area (Å²) in [5.41, 5.74) is 6.00. The van der Waals surface area contributed by atoms with Gasteiger partial charge in [-0.25, -0.2) is 0 Å². The number of carbonyl (C=O) groups is 1. The summed E-state index contributed by atoms with van der Waals surface area (Å²) in [7, 11) is 0. The van der Waals surface area contributed by atoms with E-state index in [2.05, 4.69) is 26.1 Å². The van der Waals surface area contributed by atoms with Crippen LogP contribution >= 0.6 is 24.2 Å². The first-order valence-electron chi connectivity index (χ1n) is 7.03. The Morgan fingerprint density at radius 2 is 1.71 bits per heavy atom. The van der Waals surface area contributed by atoms with Gasteiger partial charge in [-0.05, 0) is 37.6 Å². The van der Waals surface area contributed by atoms with Gasteiger partial charge in [0.15, 0.2) is 0 Å². The van der Waals surface area contributed by atoms with Crippen LogP contribution in [0.2, 0.25) is 0 Å². The Morgan fingerprint density at radius 1 is 1.19 bits per heavy atom. The minimum Gasteiger partial charge on any atom is -0.325 e. The quantitative estimate of drug-likeness (QED) is 0.784. The van der Waals surface area contributed by atoms with Gasteiger partial charge in [-0.2, -0.15) is 0 Å². The highest BCUT2D eigenvalue weighted by molar-refractivity contribution is 8.00. The van der Waals surface area contributed by atoms with Crippen molar-refractivity contribution in [2.24, 2.45) is 5.73 Å². The van der Waals surface area contributed by atoms with Crippen LogP contribution in [0.15, 0.2) is 29.2 Å². The van der Waals surface area contributed by atoms with Gasteiger partial charge in [0.05, 0.1) is 5.54 Å². The summed E-state index contributed by atoms with van der Waals surface area (Å²) >= 11 is 1.80. The highest BCUT2D eigenvalue weighted by Crippen LogP contribution is 2.32. The first-order valence-corrected chi connectivity index (χ1v) is 7.85. The zero-order chi connectivity index (χ0) is 15.4. The monoisotopic (exact) mass is 330 g/mol. The van der Waals surface area contributed by atoms with Gasteiger partial charge < -0.3 is 11.1 Å². The minimum absolute atomic E-state index is 0. The molecular weight excluding hydrogens is 304 g/mol. The van der Waals surface area contributed by atoms with Crippen molar-refractivity contribution in [1.29, 1.82) is 0 Å². The molecule has 120 valence electrons. The van der Waals surface area contributed by atoms with Gasteiger partial charge in [-0.1, -0.05) is 34.1 Å². The van der Waals surface area contributed by atoms with E-state index in [1.807, 2.05) is 31.2 Å². The van der Waals surface area contributed by atoms with Crippen molar-refractivity contribution < 1.29 is 4.79 Å². The van der Waals surface area contributed by atoms with Crippen molar-refractivity contribution in [3.05, 3.63) is 24.3 Å². The van der Waals surface area contributed by atoms with Crippen LogP contribution in [0.25, 0.3) is 0 Å². The lowest BCUT2D eigenvalue weighted by Gasteiger charge is -2.23. The number of carbonyl (C=O) groups excluding carboxylic acids is 1. The second-order valence-electron chi connectivity index (χ2n) is 6.36. The van der Waals surface area contributed by atoms with E-state index in [1.165, 1.54) is 4.90 Å². The van der Waals surface area contributed by atoms with E-state index in [1.54, 1.807) is 18.7 Å². The van der Waals surface area contributed by atoms with Crippen LogP contribution in [-0.2, 0) is 4.79 Å². The van der Waals surface area contributed by atoms with Crippen LogP contribution in [-0.4, -0.2) is 16.2 Å². The SMILES string of the molecule is CCCC(C)(N)C(=O)Nc1ccc(SC(C)(C)C)cc1.Cl. The van der Waals surface area contributed by atoms with Gasteiger partial charge in [0.2, 0.25) is 5.91 Å². The van der Waals surface area contributed by atoms with Gasteiger partial charge in [0.1, 0.15) is 0 Å². The molecule has 0 aliphatic carbocycles. The largest absolute Gasteiger partial charge is 0.325 e. The Balaban J connectivity index is 0.00000400. The highest BCUT2D eigenvalue weighted by Gasteiger charge is 2.27. The zero-order valence-corrected chi connectivity index (χ0v) is 15.2. The predicted molar refractivity (Wildman–Crippen MR) is 95.4 cm³/mol. The number of thioether (sulfide) groups is 1. The molecule has 3 N–H and O–H groups in total. The van der Waals surface area contributed by atoms with Gasteiger partial charge in [0.25, 0.3) is 0 Å². The third kappa shape index (κ3) is 7.21. The first-order chi connectivity index (χ1) is 9.14. The Kier molecular flexibility index (Phi) is 7.79. The molecule has 0 saturated carbocycles. The maximum atomic E-state index is 12.1. The van der Waals surface area contributed by atoms with Crippen molar-refractivity contribution >= 4 is 35.8 Å². The standard InChI is InChI=1S/C16H26N2OS.ClH/c1-6-11-16(5,17)14(19)18-12-7-9-13(10-8-12)20-15(2,3)4;/h7-10H,6,11,17H2,1-5H3,(H,18,19);1H. The molecule has 0 aromatic heterocycles. The number of anilines is 1. The van der Waals surface area contributed by atoms with E-state index in [0.717, 1.165) is 12.1 Å². The van der Waals surface area contributed by atoms with Crippen LogP contribution in [0.3, 0.4) is 0 Å². The van der Waals surface area contributed by atoms with Crippen molar-refractivity contribution in [2.75, 3.05) is 5.32 Å². The summed E-state index contributed by atoms with van der Waals surface area (Å²) in [6.45, 7) is 10.3. The average molecular weight is 331 g/mol. The molecule has 3 nitrogen and oxygen atoms in total. The molecule has 21 heavy (non-hydrogen) atoms. The molecule has 0 aliphatic rings. The van der Waals surface area contributed by atoms with E-state index < -0.39 is 5.54 Å². The van der Waals surface area contributed by atoms with E-state index in [-0.39, 0.29) is 23.1 Å². The third-order valence-electron chi connectivity index (χ3n) is 2.82. The van der Waals surface area contributed by atoms with Crippen molar-refractivity contribution in [3.63, 3.8) is 0 Å². The van der Waals surface area contributed by atoms with Gasteiger partial charge in [0, 0.05) is 15.3 Å². The summed E-state index contributed by atoms with van der Waals surface area (Å²) < 4.78 is 0.182. The zero-order valence-electron chi connectivity index (χ0n) is 13.5. The van der Waals surface area contributed by atoms with Crippen LogP contribution < -0.4 is 11.1 Å². The van der Waals surface area contributed by atoms with Gasteiger partial charge in [-0.3, -0.25) is 4.79 Å². The van der Waals surface area contributed by atoms with Crippen molar-refractivity contribution in [1.82, 2.24) is 0 Å². The van der Waals surface area contributed by atoms with Gasteiger partial charge >= 0.3 is 0 Å². The summed E-state index contributed by atoms with van der Waals surface area (Å²) in [5, 5.41) is 2.88. The van der Waals surface area contributed by atoms with Crippen LogP contribution in [0.1, 0.15) is 47.5 Å². The lowest BCUT2D eigenvalue weighted by Crippen LogP contribution is -2.48. The Labute approximate surface area is 138 Å². The second kappa shape index (κ2) is 8.06. The lowest BCUT2D eigenvalue weighted by molar-refractivity contribution is -0.120. The molecule has 1 atom stereocenters. The molecule has 0 fully saturated rings. The average Bonchev–Trinajstić information content (AvgIpc) is 2.29. The number of benzene rings is 1. The van der Waals surface area contributed by atoms with Crippen LogP contribution in [0.4, 0.5) is 5.69 Å². The Hall–Kier alpha value is -0.710. The fourth-order valence-corrected chi connectivity index (χ4v) is 2.85. The molecule has 1 unspecified atom stereocenters. The summed E-state index contributed by atoms with van der Waals surface area (Å²) in [5.74, 6) is -0.129. The molecule has 1 aromatic rings. The van der Waals surface area contributed by atoms with Gasteiger partial charge in [-0.15, -0.1) is 24.2 Å². The van der Waals surface area contributed by atoms with E-state index in [9.17, 15) is 4.79 Å². The molecule has 0 heterocycles. The summed E-state index contributed by atoms with van der Waals surface area (Å²) in [4.78, 5) is 13.3. The van der Waals surface area contributed by atoms with E-state index in [0.29, 0.717) is 6.42 Å². The summed E-state index contributed by atoms with van der Waals surface area (Å²) in [6.07, 6.45) is 1.57. The third-order valence-corrected chi connectivity index (χ3v) is 3.94. The second-order valence-corrected chi connectivity index (χ2v) is 8.26. The minimum atomic E-state index is -0.812. The number of nitrogens with two attached hydrogens (primary N) is 1. The van der Waals surface area contributed by atoms with E-state index in [4.69, 9.17) is 5.73 Å². The number of halogens is 1. The molecular formula is C16H27ClN2OS. The van der Waals surface area contributed by atoms with Crippen LogP contribution in [0.5, 0.6) is 0 Å². The van der Waals surface area contributed by atoms with Crippen LogP contribution in [0, 0.1) is 0 Å². The number of hydrogen-bond acceptors (Lipinski definition) is 3. The molecule has 0 bridgehead atoms.